The molecule has 0 aromatic rings. The van der Waals surface area contributed by atoms with Crippen molar-refractivity contribution in [2.45, 2.75) is 109 Å². The molecule has 0 aromatic heterocycles. The highest BCUT2D eigenvalue weighted by Crippen LogP contribution is 2.26. The molecule has 2 aliphatic rings. The molecule has 4 heteroatoms. The minimum absolute atomic E-state index is 0.196. The molecule has 4 atom stereocenters. The third kappa shape index (κ3) is 6.33. The Morgan fingerprint density at radius 1 is 0.870 bits per heavy atom. The summed E-state index contributed by atoms with van der Waals surface area (Å²) in [5, 5.41) is 7.04. The molecule has 23 heavy (non-hydrogen) atoms. The fourth-order valence-corrected chi connectivity index (χ4v) is 3.98. The molecular formula is C19H36N2O2. The van der Waals surface area contributed by atoms with Crippen molar-refractivity contribution in [1.29, 1.82) is 0 Å². The van der Waals surface area contributed by atoms with Crippen LogP contribution in [0.25, 0.3) is 0 Å². The van der Waals surface area contributed by atoms with E-state index >= 15 is 0 Å². The number of hydrogen-bond acceptors (Lipinski definition) is 3. The predicted octanol–water partition coefficient (Wildman–Crippen LogP) is 4.38. The van der Waals surface area contributed by atoms with Crippen LogP contribution >= 0.6 is 0 Å². The lowest BCUT2D eigenvalue weighted by atomic mass is 9.85. The van der Waals surface area contributed by atoms with Gasteiger partial charge in [-0.3, -0.25) is 0 Å². The number of amides is 1. The molecule has 134 valence electrons. The number of rotatable bonds is 3. The van der Waals surface area contributed by atoms with E-state index in [0.717, 1.165) is 18.8 Å². The average molecular weight is 325 g/mol. The molecule has 0 aromatic carbocycles. The number of carbonyl (C=O) groups is 1. The zero-order valence-corrected chi connectivity index (χ0v) is 15.5. The van der Waals surface area contributed by atoms with E-state index in [0.29, 0.717) is 12.1 Å². The molecule has 0 radical (unpaired) electrons. The second-order valence-electron chi connectivity index (χ2n) is 8.53. The topological polar surface area (TPSA) is 50.4 Å². The van der Waals surface area contributed by atoms with Crippen LogP contribution in [0.5, 0.6) is 0 Å². The summed E-state index contributed by atoms with van der Waals surface area (Å²) in [4.78, 5) is 12.2. The van der Waals surface area contributed by atoms with Gasteiger partial charge in [0.05, 0.1) is 0 Å². The lowest BCUT2D eigenvalue weighted by Crippen LogP contribution is -2.54. The molecule has 2 fully saturated rings. The first-order chi connectivity index (χ1) is 10.8. The van der Waals surface area contributed by atoms with Gasteiger partial charge in [-0.1, -0.05) is 39.0 Å². The van der Waals surface area contributed by atoms with E-state index in [1.807, 2.05) is 20.8 Å². The molecular weight excluding hydrogens is 288 g/mol. The fourth-order valence-electron chi connectivity index (χ4n) is 3.98. The molecule has 0 saturated heterocycles. The predicted molar refractivity (Wildman–Crippen MR) is 94.6 cm³/mol. The standard InChI is InChI=1S/C19H36N2O2/c1-14-10-8-9-11-15(14)20-16-12-6-5-7-13-17(16)21-18(22)23-19(2,3)4/h14-17,20H,5-13H2,1-4H3,(H,21,22). The molecule has 1 amide bonds. The Labute approximate surface area is 142 Å². The number of nitrogens with one attached hydrogen (secondary N) is 2. The third-order valence-corrected chi connectivity index (χ3v) is 5.26. The first kappa shape index (κ1) is 18.6. The molecule has 4 nitrogen and oxygen atoms in total. The van der Waals surface area contributed by atoms with Gasteiger partial charge in [0, 0.05) is 18.1 Å². The van der Waals surface area contributed by atoms with Crippen LogP contribution in [0.1, 0.15) is 85.5 Å². The molecule has 0 spiro atoms. The molecule has 2 saturated carbocycles. The van der Waals surface area contributed by atoms with Crippen LogP contribution in [0.4, 0.5) is 4.79 Å². The maximum Gasteiger partial charge on any atom is 0.407 e. The Hall–Kier alpha value is -0.770. The smallest absolute Gasteiger partial charge is 0.407 e. The lowest BCUT2D eigenvalue weighted by Gasteiger charge is -2.36. The van der Waals surface area contributed by atoms with Crippen molar-refractivity contribution in [1.82, 2.24) is 10.6 Å². The Bertz CT molecular complexity index is 378. The molecule has 0 heterocycles. The van der Waals surface area contributed by atoms with Crippen molar-refractivity contribution in [3.63, 3.8) is 0 Å². The van der Waals surface area contributed by atoms with Gasteiger partial charge >= 0.3 is 6.09 Å². The van der Waals surface area contributed by atoms with E-state index in [9.17, 15) is 4.79 Å². The van der Waals surface area contributed by atoms with Crippen molar-refractivity contribution in [2.24, 2.45) is 5.92 Å². The minimum Gasteiger partial charge on any atom is -0.444 e. The minimum atomic E-state index is -0.435. The van der Waals surface area contributed by atoms with Crippen LogP contribution in [-0.2, 0) is 4.74 Å². The van der Waals surface area contributed by atoms with Gasteiger partial charge in [0.15, 0.2) is 0 Å². The van der Waals surface area contributed by atoms with Crippen molar-refractivity contribution < 1.29 is 9.53 Å². The van der Waals surface area contributed by atoms with Gasteiger partial charge in [-0.2, -0.15) is 0 Å². The lowest BCUT2D eigenvalue weighted by molar-refractivity contribution is 0.0485. The maximum atomic E-state index is 12.2. The van der Waals surface area contributed by atoms with Gasteiger partial charge in [-0.05, 0) is 52.4 Å². The van der Waals surface area contributed by atoms with Crippen molar-refractivity contribution >= 4 is 6.09 Å². The molecule has 0 aliphatic heterocycles. The molecule has 2 N–H and O–H groups in total. The summed E-state index contributed by atoms with van der Waals surface area (Å²) in [6.45, 7) is 8.11. The zero-order valence-electron chi connectivity index (χ0n) is 15.5. The van der Waals surface area contributed by atoms with Crippen LogP contribution in [0, 0.1) is 5.92 Å². The van der Waals surface area contributed by atoms with Crippen LogP contribution < -0.4 is 10.6 Å². The Morgan fingerprint density at radius 3 is 2.09 bits per heavy atom. The monoisotopic (exact) mass is 324 g/mol. The number of alkyl carbamates (subject to hydrolysis) is 1. The van der Waals surface area contributed by atoms with E-state index in [1.54, 1.807) is 0 Å². The second kappa shape index (κ2) is 8.36. The van der Waals surface area contributed by atoms with Gasteiger partial charge in [0.1, 0.15) is 5.60 Å². The van der Waals surface area contributed by atoms with E-state index in [-0.39, 0.29) is 12.1 Å². The Kier molecular flexibility index (Phi) is 6.75. The van der Waals surface area contributed by atoms with Gasteiger partial charge in [0.2, 0.25) is 0 Å². The summed E-state index contributed by atoms with van der Waals surface area (Å²) in [5.41, 5.74) is -0.435. The van der Waals surface area contributed by atoms with E-state index in [1.165, 1.54) is 44.9 Å². The van der Waals surface area contributed by atoms with Crippen LogP contribution in [0.15, 0.2) is 0 Å². The van der Waals surface area contributed by atoms with Gasteiger partial charge in [-0.15, -0.1) is 0 Å². The Balaban J connectivity index is 1.94. The summed E-state index contributed by atoms with van der Waals surface area (Å²) in [6, 6.07) is 1.19. The molecule has 4 unspecified atom stereocenters. The first-order valence-electron chi connectivity index (χ1n) is 9.61. The summed E-state index contributed by atoms with van der Waals surface area (Å²) in [7, 11) is 0. The molecule has 2 rings (SSSR count). The first-order valence-corrected chi connectivity index (χ1v) is 9.61. The SMILES string of the molecule is CC1CCCCC1NC1CCCCCC1NC(=O)OC(C)(C)C. The highest BCUT2D eigenvalue weighted by Gasteiger charge is 2.31. The van der Waals surface area contributed by atoms with Crippen molar-refractivity contribution in [2.75, 3.05) is 0 Å². The van der Waals surface area contributed by atoms with E-state index in [2.05, 4.69) is 17.6 Å². The van der Waals surface area contributed by atoms with Crippen molar-refractivity contribution in [3.8, 4) is 0 Å². The number of ether oxygens (including phenoxy) is 1. The third-order valence-electron chi connectivity index (χ3n) is 5.26. The fraction of sp³-hybridized carbons (Fsp3) is 0.947. The average Bonchev–Trinajstić information content (AvgIpc) is 2.65. The van der Waals surface area contributed by atoms with Gasteiger partial charge < -0.3 is 15.4 Å². The van der Waals surface area contributed by atoms with Crippen molar-refractivity contribution in [3.05, 3.63) is 0 Å². The summed E-state index contributed by atoms with van der Waals surface area (Å²) in [6.07, 6.45) is 11.0. The van der Waals surface area contributed by atoms with Crippen LogP contribution in [-0.4, -0.2) is 29.8 Å². The van der Waals surface area contributed by atoms with Crippen LogP contribution in [0.3, 0.4) is 0 Å². The highest BCUT2D eigenvalue weighted by molar-refractivity contribution is 5.68. The largest absolute Gasteiger partial charge is 0.444 e. The number of hydrogen-bond donors (Lipinski definition) is 2. The summed E-state index contributed by atoms with van der Waals surface area (Å²) >= 11 is 0. The van der Waals surface area contributed by atoms with E-state index < -0.39 is 5.60 Å². The van der Waals surface area contributed by atoms with Crippen LogP contribution in [0.2, 0.25) is 0 Å². The normalized spacial score (nSPS) is 32.9. The van der Waals surface area contributed by atoms with Gasteiger partial charge in [0.25, 0.3) is 0 Å². The number of carbonyl (C=O) groups excluding carboxylic acids is 1. The summed E-state index contributed by atoms with van der Waals surface area (Å²) < 4.78 is 5.46. The Morgan fingerprint density at radius 2 is 1.43 bits per heavy atom. The summed E-state index contributed by atoms with van der Waals surface area (Å²) in [5.74, 6) is 0.745. The second-order valence-corrected chi connectivity index (χ2v) is 8.53. The van der Waals surface area contributed by atoms with Gasteiger partial charge in [-0.25, -0.2) is 4.79 Å². The molecule has 0 bridgehead atoms. The zero-order chi connectivity index (χ0) is 16.9. The maximum absolute atomic E-state index is 12.2. The quantitative estimate of drug-likeness (QED) is 0.757. The highest BCUT2D eigenvalue weighted by atomic mass is 16.6. The molecule has 2 aliphatic carbocycles. The van der Waals surface area contributed by atoms with E-state index in [4.69, 9.17) is 4.74 Å².